The van der Waals surface area contributed by atoms with Crippen molar-refractivity contribution in [1.82, 2.24) is 0 Å². The number of hydrogen-bond donors (Lipinski definition) is 1. The van der Waals surface area contributed by atoms with Crippen LogP contribution in [0.1, 0.15) is 18.6 Å². The van der Waals surface area contributed by atoms with Gasteiger partial charge in [0.15, 0.2) is 11.5 Å². The van der Waals surface area contributed by atoms with E-state index in [0.29, 0.717) is 33.9 Å². The van der Waals surface area contributed by atoms with Crippen LogP contribution in [0.2, 0.25) is 0 Å². The van der Waals surface area contributed by atoms with Gasteiger partial charge in [-0.1, -0.05) is 24.3 Å². The smallest absolute Gasteiger partial charge is 0.287 e. The summed E-state index contributed by atoms with van der Waals surface area (Å²) in [6.45, 7) is 1.41. The molecule has 1 N–H and O–H groups in total. The number of rotatable bonds is 6. The summed E-state index contributed by atoms with van der Waals surface area (Å²) >= 11 is 0. The fraction of sp³-hybridized carbons (Fsp3) is 0.217. The van der Waals surface area contributed by atoms with Gasteiger partial charge in [0, 0.05) is 5.56 Å². The summed E-state index contributed by atoms with van der Waals surface area (Å²) in [6.07, 6.45) is -1.14. The van der Waals surface area contributed by atoms with E-state index < -0.39 is 11.0 Å². The van der Waals surface area contributed by atoms with Crippen molar-refractivity contribution in [3.8, 4) is 45.3 Å². The Morgan fingerprint density at radius 2 is 1.35 bits per heavy atom. The van der Waals surface area contributed by atoms with Gasteiger partial charge in [0.25, 0.3) is 5.69 Å². The zero-order valence-electron chi connectivity index (χ0n) is 17.2. The van der Waals surface area contributed by atoms with Gasteiger partial charge in [-0.25, -0.2) is 0 Å². The summed E-state index contributed by atoms with van der Waals surface area (Å²) in [6, 6.07) is 13.8. The van der Waals surface area contributed by atoms with E-state index in [0.717, 1.165) is 0 Å². The van der Waals surface area contributed by atoms with Gasteiger partial charge in [0.1, 0.15) is 17.1 Å². The lowest BCUT2D eigenvalue weighted by atomic mass is 9.88. The highest BCUT2D eigenvalue weighted by Crippen LogP contribution is 2.56. The van der Waals surface area contributed by atoms with Crippen LogP contribution < -0.4 is 18.9 Å². The number of ether oxygens (including phenoxy) is 4. The third kappa shape index (κ3) is 3.51. The average molecular weight is 423 g/mol. The zero-order valence-corrected chi connectivity index (χ0v) is 17.2. The molecular weight excluding hydrogens is 402 g/mol. The summed E-state index contributed by atoms with van der Waals surface area (Å²) < 4.78 is 21.9. The molecule has 0 fully saturated rings. The van der Waals surface area contributed by atoms with Crippen LogP contribution in [0, 0.1) is 10.1 Å². The SMILES string of the molecule is COc1ccc(-c2c3c(c(-c4ccc(OC)cc4)c([N+](=O)[O-])c2C(C)O)OCO3)cc1. The molecule has 1 aliphatic heterocycles. The summed E-state index contributed by atoms with van der Waals surface area (Å²) in [7, 11) is 3.10. The molecule has 160 valence electrons. The first-order valence-corrected chi connectivity index (χ1v) is 9.57. The number of fused-ring (bicyclic) bond motifs is 1. The van der Waals surface area contributed by atoms with E-state index in [1.165, 1.54) is 6.92 Å². The molecule has 31 heavy (non-hydrogen) atoms. The van der Waals surface area contributed by atoms with Crippen molar-refractivity contribution in [3.05, 3.63) is 64.2 Å². The summed E-state index contributed by atoms with van der Waals surface area (Å²) in [5.74, 6) is 1.89. The summed E-state index contributed by atoms with van der Waals surface area (Å²) in [5, 5.41) is 22.9. The lowest BCUT2D eigenvalue weighted by Crippen LogP contribution is -2.05. The van der Waals surface area contributed by atoms with Crippen LogP contribution in [0.25, 0.3) is 22.3 Å². The molecule has 4 rings (SSSR count). The van der Waals surface area contributed by atoms with Crippen molar-refractivity contribution >= 4 is 5.69 Å². The normalized spacial score (nSPS) is 13.0. The predicted molar refractivity (Wildman–Crippen MR) is 114 cm³/mol. The molecule has 1 atom stereocenters. The van der Waals surface area contributed by atoms with Crippen LogP contribution in [0.3, 0.4) is 0 Å². The number of aliphatic hydroxyl groups is 1. The maximum atomic E-state index is 12.3. The van der Waals surface area contributed by atoms with Crippen LogP contribution >= 0.6 is 0 Å². The van der Waals surface area contributed by atoms with Crippen molar-refractivity contribution in [2.45, 2.75) is 13.0 Å². The standard InChI is InChI=1S/C23H21NO7/c1-13(25)18-19(14-4-8-16(28-2)9-5-14)22-23(31-12-30-22)20(21(18)24(26)27)15-6-10-17(29-3)11-7-15/h4-11,13,25H,12H2,1-3H3. The van der Waals surface area contributed by atoms with Crippen LogP contribution in [-0.4, -0.2) is 31.0 Å². The molecule has 8 heteroatoms. The molecular formula is C23H21NO7. The number of aliphatic hydroxyl groups excluding tert-OH is 1. The van der Waals surface area contributed by atoms with Gasteiger partial charge in [-0.15, -0.1) is 0 Å². The molecule has 3 aromatic rings. The lowest BCUT2D eigenvalue weighted by molar-refractivity contribution is -0.385. The second-order valence-electron chi connectivity index (χ2n) is 6.97. The van der Waals surface area contributed by atoms with E-state index in [1.807, 2.05) is 0 Å². The minimum absolute atomic E-state index is 0.0813. The Kier molecular flexibility index (Phi) is 5.39. The molecule has 0 spiro atoms. The van der Waals surface area contributed by atoms with E-state index in [-0.39, 0.29) is 29.4 Å². The third-order valence-electron chi connectivity index (χ3n) is 5.19. The molecule has 0 saturated heterocycles. The maximum Gasteiger partial charge on any atom is 0.287 e. The minimum Gasteiger partial charge on any atom is -0.497 e. The zero-order chi connectivity index (χ0) is 22.1. The van der Waals surface area contributed by atoms with E-state index in [9.17, 15) is 15.2 Å². The monoisotopic (exact) mass is 423 g/mol. The number of methoxy groups -OCH3 is 2. The number of hydrogen-bond acceptors (Lipinski definition) is 7. The van der Waals surface area contributed by atoms with Crippen LogP contribution in [0.4, 0.5) is 5.69 Å². The second-order valence-corrected chi connectivity index (χ2v) is 6.97. The molecule has 0 aromatic heterocycles. The molecule has 0 bridgehead atoms. The highest BCUT2D eigenvalue weighted by Gasteiger charge is 2.38. The van der Waals surface area contributed by atoms with E-state index >= 15 is 0 Å². The molecule has 0 radical (unpaired) electrons. The van der Waals surface area contributed by atoms with Crippen molar-refractivity contribution in [1.29, 1.82) is 0 Å². The third-order valence-corrected chi connectivity index (χ3v) is 5.19. The van der Waals surface area contributed by atoms with Gasteiger partial charge in [-0.2, -0.15) is 0 Å². The van der Waals surface area contributed by atoms with Crippen molar-refractivity contribution in [2.75, 3.05) is 21.0 Å². The van der Waals surface area contributed by atoms with Gasteiger partial charge in [0.2, 0.25) is 6.79 Å². The number of nitrogens with zero attached hydrogens (tertiary/aromatic N) is 1. The van der Waals surface area contributed by atoms with Crippen LogP contribution in [0.5, 0.6) is 23.0 Å². The topological polar surface area (TPSA) is 100 Å². The summed E-state index contributed by atoms with van der Waals surface area (Å²) in [4.78, 5) is 11.8. The van der Waals surface area contributed by atoms with Crippen molar-refractivity contribution in [2.24, 2.45) is 0 Å². The minimum atomic E-state index is -1.14. The first-order chi connectivity index (χ1) is 15.0. The Morgan fingerprint density at radius 1 is 0.903 bits per heavy atom. The summed E-state index contributed by atoms with van der Waals surface area (Å²) in [5.41, 5.74) is 1.81. The quantitative estimate of drug-likeness (QED) is 0.452. The van der Waals surface area contributed by atoms with Gasteiger partial charge in [0.05, 0.1) is 30.8 Å². The number of nitro groups is 1. The Bertz CT molecular complexity index is 1120. The van der Waals surface area contributed by atoms with E-state index in [2.05, 4.69) is 0 Å². The Balaban J connectivity index is 2.07. The number of nitro benzene ring substituents is 1. The molecule has 1 aliphatic rings. The Hall–Kier alpha value is -3.78. The van der Waals surface area contributed by atoms with Crippen LogP contribution in [-0.2, 0) is 0 Å². The second kappa shape index (κ2) is 8.16. The molecule has 8 nitrogen and oxygen atoms in total. The van der Waals surface area contributed by atoms with Gasteiger partial charge in [-0.05, 0) is 42.3 Å². The molecule has 0 amide bonds. The highest BCUT2D eigenvalue weighted by atomic mass is 16.7. The first-order valence-electron chi connectivity index (χ1n) is 9.57. The Morgan fingerprint density at radius 3 is 1.77 bits per heavy atom. The molecule has 0 saturated carbocycles. The highest BCUT2D eigenvalue weighted by molar-refractivity contribution is 5.93. The first kappa shape index (κ1) is 20.5. The Labute approximate surface area is 178 Å². The van der Waals surface area contributed by atoms with Gasteiger partial charge in [-0.3, -0.25) is 10.1 Å². The largest absolute Gasteiger partial charge is 0.497 e. The van der Waals surface area contributed by atoms with Gasteiger partial charge < -0.3 is 24.1 Å². The molecule has 0 aliphatic carbocycles. The fourth-order valence-corrected chi connectivity index (χ4v) is 3.80. The molecule has 3 aromatic carbocycles. The average Bonchev–Trinajstić information content (AvgIpc) is 3.27. The predicted octanol–water partition coefficient (Wildman–Crippen LogP) is 4.73. The van der Waals surface area contributed by atoms with Crippen molar-refractivity contribution < 1.29 is 29.0 Å². The molecule has 1 heterocycles. The lowest BCUT2D eigenvalue weighted by Gasteiger charge is -2.19. The van der Waals surface area contributed by atoms with Crippen molar-refractivity contribution in [3.63, 3.8) is 0 Å². The number of benzene rings is 3. The van der Waals surface area contributed by atoms with Gasteiger partial charge >= 0.3 is 0 Å². The molecule has 1 unspecified atom stereocenters. The maximum absolute atomic E-state index is 12.3. The van der Waals surface area contributed by atoms with Crippen LogP contribution in [0.15, 0.2) is 48.5 Å². The van der Waals surface area contributed by atoms with E-state index in [1.54, 1.807) is 62.8 Å². The fourth-order valence-electron chi connectivity index (χ4n) is 3.80. The van der Waals surface area contributed by atoms with E-state index in [4.69, 9.17) is 18.9 Å².